The van der Waals surface area contributed by atoms with Gasteiger partial charge in [0.1, 0.15) is 12.7 Å². The van der Waals surface area contributed by atoms with Crippen LogP contribution in [0.15, 0.2) is 66.8 Å². The lowest BCUT2D eigenvalue weighted by Gasteiger charge is -2.38. The molecule has 8 aromatic rings. The number of carbonyl (C=O) groups is 1. The van der Waals surface area contributed by atoms with E-state index in [-0.39, 0.29) is 17.5 Å². The molecule has 3 heteroatoms. The summed E-state index contributed by atoms with van der Waals surface area (Å²) >= 11 is 0. The maximum Gasteiger partial charge on any atom is 0.305 e. The number of rotatable bonds is 7. The summed E-state index contributed by atoms with van der Waals surface area (Å²) in [5.41, 5.74) is 14.9. The summed E-state index contributed by atoms with van der Waals surface area (Å²) in [6, 6.07) is 16.7. The van der Waals surface area contributed by atoms with Crippen molar-refractivity contribution in [2.24, 2.45) is 35.5 Å². The molecule has 3 nitrogen and oxygen atoms in total. The molecule has 3 saturated carbocycles. The zero-order valence-electron chi connectivity index (χ0n) is 31.1. The number of hydrogen-bond acceptors (Lipinski definition) is 3. The third-order valence-electron chi connectivity index (χ3n) is 19.0. The van der Waals surface area contributed by atoms with Crippen LogP contribution in [0.25, 0.3) is 87.9 Å². The number of ether oxygens (including phenoxy) is 2. The van der Waals surface area contributed by atoms with Crippen LogP contribution < -0.4 is 10.4 Å². The van der Waals surface area contributed by atoms with Crippen molar-refractivity contribution in [3.63, 3.8) is 0 Å². The average Bonchev–Trinajstić information content (AvgIpc) is 3.81. The third kappa shape index (κ3) is 2.37. The summed E-state index contributed by atoms with van der Waals surface area (Å²) in [4.78, 5) is 13.2. The number of epoxide rings is 1. The summed E-state index contributed by atoms with van der Waals surface area (Å²) in [5.74, 6) is 5.23. The number of hydrogen-bond donors (Lipinski definition) is 0. The molecule has 0 spiro atoms. The Labute approximate surface area is 326 Å². The van der Waals surface area contributed by atoms with Crippen LogP contribution in [0.2, 0.25) is 0 Å². The van der Waals surface area contributed by atoms with Gasteiger partial charge < -0.3 is 9.47 Å². The Morgan fingerprint density at radius 3 is 2.00 bits per heavy atom. The van der Waals surface area contributed by atoms with Gasteiger partial charge in [0.05, 0.1) is 6.61 Å². The second kappa shape index (κ2) is 7.94. The normalized spacial score (nSPS) is 36.9. The van der Waals surface area contributed by atoms with Gasteiger partial charge in [-0.3, -0.25) is 4.79 Å². The molecular weight excluding hydrogens is 697 g/mol. The van der Waals surface area contributed by atoms with E-state index in [4.69, 9.17) is 9.47 Å². The molecule has 11 aliphatic rings. The number of esters is 1. The number of fused-ring (bicyclic) bond motifs is 8. The topological polar surface area (TPSA) is 38.8 Å². The molecule has 268 valence electrons. The van der Waals surface area contributed by atoms with Crippen molar-refractivity contribution in [3.8, 4) is 0 Å². The predicted molar refractivity (Wildman–Crippen MR) is 224 cm³/mol. The minimum atomic E-state index is -0.0792. The van der Waals surface area contributed by atoms with Crippen LogP contribution >= 0.6 is 0 Å². The number of allylic oxidation sites excluding steroid dienone is 4. The number of benzene rings is 4. The summed E-state index contributed by atoms with van der Waals surface area (Å²) in [6.07, 6.45) is 18.5. The Hall–Kier alpha value is -5.25. The van der Waals surface area contributed by atoms with Gasteiger partial charge in [0.15, 0.2) is 0 Å². The van der Waals surface area contributed by atoms with E-state index in [1.807, 2.05) is 11.1 Å². The number of carbonyl (C=O) groups excluding carboxylic acids is 1. The minimum absolute atomic E-state index is 0.0788. The maximum atomic E-state index is 13.2. The molecule has 8 aromatic carbocycles. The lowest BCUT2D eigenvalue weighted by Crippen LogP contribution is -2.42. The van der Waals surface area contributed by atoms with Crippen LogP contribution in [-0.2, 0) is 19.7 Å². The monoisotopic (exact) mass is 730 g/mol. The Bertz CT molecular complexity index is 3650. The van der Waals surface area contributed by atoms with Crippen LogP contribution in [0.4, 0.5) is 0 Å². The second-order valence-corrected chi connectivity index (χ2v) is 20.3. The molecule has 0 radical (unpaired) electrons. The largest absolute Gasteiger partial charge is 0.463 e. The van der Waals surface area contributed by atoms with E-state index in [0.717, 1.165) is 12.8 Å². The first kappa shape index (κ1) is 27.4. The molecule has 1 heterocycles. The van der Waals surface area contributed by atoms with Gasteiger partial charge in [-0.1, -0.05) is 78.9 Å². The molecule has 10 aliphatic carbocycles. The summed E-state index contributed by atoms with van der Waals surface area (Å²) < 4.78 is 11.1. The van der Waals surface area contributed by atoms with E-state index in [0.29, 0.717) is 78.8 Å². The smallest absolute Gasteiger partial charge is 0.305 e. The summed E-state index contributed by atoms with van der Waals surface area (Å²) in [6.45, 7) is 1.10. The van der Waals surface area contributed by atoms with Gasteiger partial charge in [0.2, 0.25) is 0 Å². The van der Waals surface area contributed by atoms with Crippen LogP contribution in [-0.4, -0.2) is 25.3 Å². The quantitative estimate of drug-likeness (QED) is 0.0710. The van der Waals surface area contributed by atoms with E-state index >= 15 is 0 Å². The van der Waals surface area contributed by atoms with Crippen molar-refractivity contribution in [3.05, 3.63) is 116 Å². The lowest BCUT2D eigenvalue weighted by atomic mass is 9.66. The fourth-order valence-electron chi connectivity index (χ4n) is 17.8. The summed E-state index contributed by atoms with van der Waals surface area (Å²) in [7, 11) is 0. The highest BCUT2D eigenvalue weighted by molar-refractivity contribution is 6.50. The van der Waals surface area contributed by atoms with Crippen molar-refractivity contribution in [1.82, 2.24) is 0 Å². The first-order valence-corrected chi connectivity index (χ1v) is 22.0. The van der Waals surface area contributed by atoms with Gasteiger partial charge in [-0.15, -0.1) is 0 Å². The zero-order valence-corrected chi connectivity index (χ0v) is 31.1. The van der Waals surface area contributed by atoms with Gasteiger partial charge in [-0.2, -0.15) is 0 Å². The van der Waals surface area contributed by atoms with Gasteiger partial charge in [-0.05, 0) is 174 Å². The molecule has 0 bridgehead atoms. The van der Waals surface area contributed by atoms with Gasteiger partial charge in [-0.25, -0.2) is 0 Å². The van der Waals surface area contributed by atoms with Gasteiger partial charge in [0, 0.05) is 35.5 Å². The van der Waals surface area contributed by atoms with E-state index in [1.54, 1.807) is 92.1 Å². The molecule has 1 aliphatic heterocycles. The fourth-order valence-corrected chi connectivity index (χ4v) is 17.8. The minimum Gasteiger partial charge on any atom is -0.463 e. The van der Waals surface area contributed by atoms with Crippen LogP contribution in [0.3, 0.4) is 0 Å². The van der Waals surface area contributed by atoms with Crippen LogP contribution in [0.5, 0.6) is 0 Å². The van der Waals surface area contributed by atoms with Gasteiger partial charge >= 0.3 is 5.97 Å². The van der Waals surface area contributed by atoms with E-state index in [2.05, 4.69) is 78.9 Å². The highest BCUT2D eigenvalue weighted by Gasteiger charge is 2.70. The van der Waals surface area contributed by atoms with Crippen molar-refractivity contribution in [2.45, 2.75) is 54.5 Å². The molecule has 4 fully saturated rings. The Kier molecular flexibility index (Phi) is 3.82. The molecule has 57 heavy (non-hydrogen) atoms. The molecule has 0 aromatic heterocycles. The first-order chi connectivity index (χ1) is 28.3. The standard InChI is InChI=1S/C54H34O3/c55-29(57-18-20-17-56-20)7-4-16-54(19-5-2-1-3-6-19)52-38-27-14-12-25-23-10-8-21-22-9-11-24-26-13-15-28-37-35(26)42-33(24)31(22)40-30(21)32(23)41-34(25)36(27)43-45(38)46(39(28)53(52)54)44(37)51-49(42)47(40)48(41)50(43)51/h1-3,5-6,8-15,20-23,25,30-32,34,52-53H,4,7,16-18H2. The van der Waals surface area contributed by atoms with Crippen molar-refractivity contribution < 1.29 is 14.3 Å². The molecule has 12 unspecified atom stereocenters. The van der Waals surface area contributed by atoms with Crippen molar-refractivity contribution in [1.29, 1.82) is 0 Å². The second-order valence-electron chi connectivity index (χ2n) is 20.3. The molecule has 0 N–H and O–H groups in total. The molecule has 0 amide bonds. The van der Waals surface area contributed by atoms with Gasteiger partial charge in [0.25, 0.3) is 0 Å². The molecule has 12 atom stereocenters. The zero-order chi connectivity index (χ0) is 35.8. The first-order valence-electron chi connectivity index (χ1n) is 22.0. The Morgan fingerprint density at radius 2 is 1.25 bits per heavy atom. The predicted octanol–water partition coefficient (Wildman–Crippen LogP) is 9.46. The SMILES string of the molecule is O=C(CCCC1(c2ccccc2)C2c3c4c5c6c3c3c(c7ccc8c9c%10c%11c%12c%13c(c6c%12c3c7c8%11)=C3C5C(C=C4)C4C=CC5C(C=C9)C%10C=%13C5C34)C21)OCC1CO1. The van der Waals surface area contributed by atoms with E-state index < -0.39 is 0 Å². The van der Waals surface area contributed by atoms with Crippen LogP contribution in [0.1, 0.15) is 81.9 Å². The maximum absolute atomic E-state index is 13.2. The fraction of sp³-hybridized carbons (Fsp3) is 0.315. The molecule has 1 saturated heterocycles. The highest BCUT2D eigenvalue weighted by atomic mass is 16.6. The van der Waals surface area contributed by atoms with E-state index in [1.165, 1.54) is 21.9 Å². The third-order valence-corrected chi connectivity index (χ3v) is 19.0. The van der Waals surface area contributed by atoms with E-state index in [9.17, 15) is 4.79 Å². The van der Waals surface area contributed by atoms with Crippen molar-refractivity contribution in [2.75, 3.05) is 13.2 Å². The Balaban J connectivity index is 1.01. The molecule has 19 rings (SSSR count). The Morgan fingerprint density at radius 1 is 0.632 bits per heavy atom. The molecular formula is C54H34O3. The lowest BCUT2D eigenvalue weighted by molar-refractivity contribution is -0.144. The highest BCUT2D eigenvalue weighted by Crippen LogP contribution is 2.81. The van der Waals surface area contributed by atoms with Crippen LogP contribution in [0, 0.1) is 35.5 Å². The van der Waals surface area contributed by atoms with Crippen molar-refractivity contribution >= 4 is 93.9 Å². The summed E-state index contributed by atoms with van der Waals surface area (Å²) in [5, 5.41) is 22.8. The average molecular weight is 731 g/mol.